The van der Waals surface area contributed by atoms with Crippen LogP contribution in [0.15, 0.2) is 47.5 Å². The fraction of sp³-hybridized carbons (Fsp3) is 0.440. The predicted molar refractivity (Wildman–Crippen MR) is 144 cm³/mol. The SMILES string of the molecule is CCNC(=NCc1ccc(OC)c(NC(C)=O)c1)NCCc1ccc(C(C)(C)C)cc1.I. The maximum absolute atomic E-state index is 11.4. The lowest BCUT2D eigenvalue weighted by Crippen LogP contribution is -2.38. The Morgan fingerprint density at radius 3 is 2.25 bits per heavy atom. The Morgan fingerprint density at radius 1 is 1.03 bits per heavy atom. The van der Waals surface area contributed by atoms with Gasteiger partial charge in [0.05, 0.1) is 19.3 Å². The standard InChI is InChI=1S/C25H36N4O2.HI/c1-7-26-24(27-15-14-19-8-11-21(12-9-19)25(3,4)5)28-17-20-10-13-23(31-6)22(16-20)29-18(2)30;/h8-13,16H,7,14-15,17H2,1-6H3,(H,29,30)(H2,26,27,28);1H. The maximum atomic E-state index is 11.4. The first-order valence-corrected chi connectivity index (χ1v) is 10.8. The number of nitrogens with zero attached hydrogens (tertiary/aromatic N) is 1. The minimum absolute atomic E-state index is 0. The van der Waals surface area contributed by atoms with Crippen LogP contribution in [0.5, 0.6) is 5.75 Å². The minimum Gasteiger partial charge on any atom is -0.495 e. The van der Waals surface area contributed by atoms with E-state index in [1.165, 1.54) is 18.1 Å². The maximum Gasteiger partial charge on any atom is 0.221 e. The number of ether oxygens (including phenoxy) is 1. The molecular weight excluding hydrogens is 515 g/mol. The summed E-state index contributed by atoms with van der Waals surface area (Å²) in [5, 5.41) is 9.48. The molecule has 6 nitrogen and oxygen atoms in total. The van der Waals surface area contributed by atoms with Crippen molar-refractivity contribution >= 4 is 41.5 Å². The number of hydrogen-bond acceptors (Lipinski definition) is 3. The van der Waals surface area contributed by atoms with Crippen molar-refractivity contribution in [3.8, 4) is 5.75 Å². The van der Waals surface area contributed by atoms with Crippen LogP contribution in [0, 0.1) is 0 Å². The first kappa shape index (κ1) is 27.7. The Hall–Kier alpha value is -2.29. The molecule has 2 aromatic rings. The summed E-state index contributed by atoms with van der Waals surface area (Å²) in [5.74, 6) is 1.26. The molecule has 176 valence electrons. The van der Waals surface area contributed by atoms with Crippen LogP contribution in [0.2, 0.25) is 0 Å². The Labute approximate surface area is 209 Å². The molecular formula is C25H37IN4O2. The molecule has 0 spiro atoms. The van der Waals surface area contributed by atoms with Gasteiger partial charge in [0.2, 0.25) is 5.91 Å². The van der Waals surface area contributed by atoms with E-state index in [4.69, 9.17) is 4.74 Å². The Bertz CT molecular complexity index is 890. The second kappa shape index (κ2) is 13.3. The fourth-order valence-electron chi connectivity index (χ4n) is 3.15. The monoisotopic (exact) mass is 552 g/mol. The molecule has 0 bridgehead atoms. The van der Waals surface area contributed by atoms with Crippen molar-refractivity contribution in [2.45, 2.75) is 53.0 Å². The first-order chi connectivity index (χ1) is 14.7. The molecule has 2 aromatic carbocycles. The number of halogens is 1. The largest absolute Gasteiger partial charge is 0.495 e. The average molecular weight is 553 g/mol. The van der Waals surface area contributed by atoms with Gasteiger partial charge in [-0.05, 0) is 47.6 Å². The molecule has 0 aliphatic heterocycles. The van der Waals surface area contributed by atoms with Crippen LogP contribution < -0.4 is 20.7 Å². The van der Waals surface area contributed by atoms with E-state index in [9.17, 15) is 4.79 Å². The molecule has 2 rings (SSSR count). The lowest BCUT2D eigenvalue weighted by atomic mass is 9.86. The number of hydrogen-bond donors (Lipinski definition) is 3. The number of benzene rings is 2. The van der Waals surface area contributed by atoms with E-state index in [2.05, 4.69) is 66.0 Å². The smallest absolute Gasteiger partial charge is 0.221 e. The van der Waals surface area contributed by atoms with Gasteiger partial charge in [0.1, 0.15) is 5.75 Å². The molecule has 0 saturated heterocycles. The van der Waals surface area contributed by atoms with Crippen molar-refractivity contribution in [2.24, 2.45) is 4.99 Å². The van der Waals surface area contributed by atoms with Crippen LogP contribution in [0.3, 0.4) is 0 Å². The number of rotatable bonds is 8. The van der Waals surface area contributed by atoms with Crippen molar-refractivity contribution in [2.75, 3.05) is 25.5 Å². The molecule has 0 heterocycles. The van der Waals surface area contributed by atoms with Gasteiger partial charge in [0, 0.05) is 20.0 Å². The number of amides is 1. The Balaban J connectivity index is 0.00000512. The second-order valence-electron chi connectivity index (χ2n) is 8.53. The molecule has 0 atom stereocenters. The average Bonchev–Trinajstić information content (AvgIpc) is 2.71. The zero-order chi connectivity index (χ0) is 22.9. The highest BCUT2D eigenvalue weighted by Crippen LogP contribution is 2.26. The van der Waals surface area contributed by atoms with Crippen LogP contribution in [0.25, 0.3) is 0 Å². The third-order valence-corrected chi connectivity index (χ3v) is 4.86. The highest BCUT2D eigenvalue weighted by Gasteiger charge is 2.12. The van der Waals surface area contributed by atoms with Gasteiger partial charge in [-0.25, -0.2) is 4.99 Å². The predicted octanol–water partition coefficient (Wildman–Crippen LogP) is 4.87. The third kappa shape index (κ3) is 9.06. The topological polar surface area (TPSA) is 74.8 Å². The van der Waals surface area contributed by atoms with Crippen molar-refractivity contribution in [3.63, 3.8) is 0 Å². The van der Waals surface area contributed by atoms with E-state index >= 15 is 0 Å². The molecule has 0 fully saturated rings. The van der Waals surface area contributed by atoms with E-state index in [1.54, 1.807) is 7.11 Å². The molecule has 7 heteroatoms. The summed E-state index contributed by atoms with van der Waals surface area (Å²) in [6.07, 6.45) is 0.921. The van der Waals surface area contributed by atoms with E-state index in [0.29, 0.717) is 18.0 Å². The Kier molecular flexibility index (Phi) is 11.5. The molecule has 0 saturated carbocycles. The van der Waals surface area contributed by atoms with Crippen LogP contribution in [-0.4, -0.2) is 32.1 Å². The molecule has 0 aliphatic rings. The van der Waals surface area contributed by atoms with Gasteiger partial charge < -0.3 is 20.7 Å². The van der Waals surface area contributed by atoms with Gasteiger partial charge in [-0.3, -0.25) is 4.79 Å². The van der Waals surface area contributed by atoms with E-state index < -0.39 is 0 Å². The first-order valence-electron chi connectivity index (χ1n) is 10.8. The summed E-state index contributed by atoms with van der Waals surface area (Å²) in [6, 6.07) is 14.5. The number of aliphatic imine (C=N–C) groups is 1. The van der Waals surface area contributed by atoms with Crippen LogP contribution in [0.1, 0.15) is 51.3 Å². The molecule has 32 heavy (non-hydrogen) atoms. The van der Waals surface area contributed by atoms with Crippen LogP contribution >= 0.6 is 24.0 Å². The lowest BCUT2D eigenvalue weighted by Gasteiger charge is -2.19. The van der Waals surface area contributed by atoms with Crippen LogP contribution in [-0.2, 0) is 23.2 Å². The van der Waals surface area contributed by atoms with Gasteiger partial charge in [0.25, 0.3) is 0 Å². The van der Waals surface area contributed by atoms with E-state index in [0.717, 1.165) is 31.0 Å². The van der Waals surface area contributed by atoms with Gasteiger partial charge in [-0.1, -0.05) is 51.1 Å². The molecule has 3 N–H and O–H groups in total. The summed E-state index contributed by atoms with van der Waals surface area (Å²) in [6.45, 7) is 12.3. The summed E-state index contributed by atoms with van der Waals surface area (Å²) < 4.78 is 5.31. The number of anilines is 1. The number of carbonyl (C=O) groups is 1. The van der Waals surface area contributed by atoms with Gasteiger partial charge in [-0.2, -0.15) is 0 Å². The van der Waals surface area contributed by atoms with Gasteiger partial charge >= 0.3 is 0 Å². The normalized spacial score (nSPS) is 11.4. The zero-order valence-electron chi connectivity index (χ0n) is 20.0. The Morgan fingerprint density at radius 2 is 1.69 bits per heavy atom. The summed E-state index contributed by atoms with van der Waals surface area (Å²) >= 11 is 0. The third-order valence-electron chi connectivity index (χ3n) is 4.86. The highest BCUT2D eigenvalue weighted by atomic mass is 127. The number of nitrogens with one attached hydrogen (secondary N) is 3. The molecule has 0 aromatic heterocycles. The molecule has 1 amide bonds. The quantitative estimate of drug-likeness (QED) is 0.248. The van der Waals surface area contributed by atoms with E-state index in [-0.39, 0.29) is 35.3 Å². The zero-order valence-corrected chi connectivity index (χ0v) is 22.4. The summed E-state index contributed by atoms with van der Waals surface area (Å²) in [5.41, 5.74) is 4.45. The lowest BCUT2D eigenvalue weighted by molar-refractivity contribution is -0.114. The number of carbonyl (C=O) groups excluding carboxylic acids is 1. The molecule has 0 unspecified atom stereocenters. The molecule has 0 radical (unpaired) electrons. The highest BCUT2D eigenvalue weighted by molar-refractivity contribution is 14.0. The van der Waals surface area contributed by atoms with Crippen molar-refractivity contribution < 1.29 is 9.53 Å². The van der Waals surface area contributed by atoms with Crippen molar-refractivity contribution in [1.82, 2.24) is 10.6 Å². The van der Waals surface area contributed by atoms with E-state index in [1.807, 2.05) is 25.1 Å². The summed E-state index contributed by atoms with van der Waals surface area (Å²) in [4.78, 5) is 16.1. The van der Waals surface area contributed by atoms with Gasteiger partial charge in [0.15, 0.2) is 5.96 Å². The second-order valence-corrected chi connectivity index (χ2v) is 8.53. The molecule has 0 aliphatic carbocycles. The van der Waals surface area contributed by atoms with Gasteiger partial charge in [-0.15, -0.1) is 24.0 Å². The minimum atomic E-state index is -0.135. The van der Waals surface area contributed by atoms with Crippen molar-refractivity contribution in [1.29, 1.82) is 0 Å². The summed E-state index contributed by atoms with van der Waals surface area (Å²) in [7, 11) is 1.59. The fourth-order valence-corrected chi connectivity index (χ4v) is 3.15. The van der Waals surface area contributed by atoms with Crippen molar-refractivity contribution in [3.05, 3.63) is 59.2 Å². The van der Waals surface area contributed by atoms with Crippen LogP contribution in [0.4, 0.5) is 5.69 Å². The number of methoxy groups -OCH3 is 1. The number of guanidine groups is 1.